The lowest BCUT2D eigenvalue weighted by molar-refractivity contribution is -0.127. The first-order valence-electron chi connectivity index (χ1n) is 7.18. The van der Waals surface area contributed by atoms with Gasteiger partial charge in [-0.1, -0.05) is 25.6 Å². The lowest BCUT2D eigenvalue weighted by atomic mass is 10.0. The smallest absolute Gasteiger partial charge is 0.258 e. The lowest BCUT2D eigenvalue weighted by Crippen LogP contribution is -2.32. The molecule has 0 aliphatic heterocycles. The molecule has 1 atom stereocenters. The Kier molecular flexibility index (Phi) is 6.74. The Bertz CT molecular complexity index is 541. The third kappa shape index (κ3) is 4.49. The summed E-state index contributed by atoms with van der Waals surface area (Å²) in [5, 5.41) is 10.2. The number of rotatable bonds is 7. The minimum atomic E-state index is -0.338. The van der Waals surface area contributed by atoms with E-state index in [1.54, 1.807) is 4.90 Å². The van der Waals surface area contributed by atoms with Gasteiger partial charge >= 0.3 is 0 Å². The molecule has 0 spiro atoms. The van der Waals surface area contributed by atoms with Crippen LogP contribution >= 0.6 is 11.8 Å². The van der Waals surface area contributed by atoms with E-state index in [1.165, 1.54) is 0 Å². The van der Waals surface area contributed by atoms with Gasteiger partial charge in [-0.25, -0.2) is 0 Å². The molecule has 0 aliphatic rings. The summed E-state index contributed by atoms with van der Waals surface area (Å²) in [6, 6.07) is 0. The number of amides is 1. The maximum absolute atomic E-state index is 12.0. The van der Waals surface area contributed by atoms with E-state index in [2.05, 4.69) is 9.97 Å². The van der Waals surface area contributed by atoms with Crippen LogP contribution in [0.2, 0.25) is 0 Å². The van der Waals surface area contributed by atoms with Crippen LogP contribution in [-0.4, -0.2) is 44.7 Å². The number of aromatic hydroxyl groups is 1. The van der Waals surface area contributed by atoms with Gasteiger partial charge < -0.3 is 15.0 Å². The molecule has 0 fully saturated rings. The van der Waals surface area contributed by atoms with Gasteiger partial charge in [0.25, 0.3) is 5.56 Å². The van der Waals surface area contributed by atoms with Gasteiger partial charge in [-0.2, -0.15) is 4.98 Å². The normalized spacial score (nSPS) is 12.2. The number of aromatic nitrogens is 2. The van der Waals surface area contributed by atoms with E-state index in [0.717, 1.165) is 18.2 Å². The van der Waals surface area contributed by atoms with E-state index >= 15 is 0 Å². The number of thioether (sulfide) groups is 1. The number of hydrogen-bond acceptors (Lipinski definition) is 5. The molecule has 0 aliphatic carbocycles. The number of hydrogen-bond donors (Lipinski definition) is 2. The molecule has 0 bridgehead atoms. The van der Waals surface area contributed by atoms with Gasteiger partial charge in [-0.05, 0) is 26.2 Å². The number of H-pyrrole nitrogens is 1. The van der Waals surface area contributed by atoms with Gasteiger partial charge in [0.05, 0.1) is 11.3 Å². The summed E-state index contributed by atoms with van der Waals surface area (Å²) in [6.07, 6.45) is 0.741. The molecule has 2 N–H and O–H groups in total. The fraction of sp³-hybridized carbons (Fsp3) is 0.643. The summed E-state index contributed by atoms with van der Waals surface area (Å²) in [7, 11) is 0. The van der Waals surface area contributed by atoms with Gasteiger partial charge in [-0.3, -0.25) is 9.59 Å². The molecule has 1 amide bonds. The summed E-state index contributed by atoms with van der Waals surface area (Å²) in [5.41, 5.74) is -0.0356. The lowest BCUT2D eigenvalue weighted by Gasteiger charge is -2.18. The van der Waals surface area contributed by atoms with Crippen molar-refractivity contribution in [1.29, 1.82) is 0 Å². The minimum Gasteiger partial charge on any atom is -0.493 e. The van der Waals surface area contributed by atoms with Crippen LogP contribution in [0.4, 0.5) is 0 Å². The summed E-state index contributed by atoms with van der Waals surface area (Å²) in [5.74, 6) is -0.131. The van der Waals surface area contributed by atoms with Gasteiger partial charge in [0, 0.05) is 13.1 Å². The molecule has 1 heterocycles. The van der Waals surface area contributed by atoms with Crippen molar-refractivity contribution < 1.29 is 9.90 Å². The fourth-order valence-corrected chi connectivity index (χ4v) is 2.72. The molecule has 6 nitrogen and oxygen atoms in total. The van der Waals surface area contributed by atoms with Crippen molar-refractivity contribution in [1.82, 2.24) is 14.9 Å². The Hall–Kier alpha value is -1.50. The third-order valence-electron chi connectivity index (χ3n) is 3.47. The van der Waals surface area contributed by atoms with Crippen LogP contribution in [0.1, 0.15) is 45.6 Å². The summed E-state index contributed by atoms with van der Waals surface area (Å²) >= 11 is 1.13. The molecule has 0 radical (unpaired) electrons. The Morgan fingerprint density at radius 2 is 2.00 bits per heavy atom. The van der Waals surface area contributed by atoms with E-state index in [9.17, 15) is 14.7 Å². The van der Waals surface area contributed by atoms with Crippen LogP contribution in [0.3, 0.4) is 0 Å². The van der Waals surface area contributed by atoms with Gasteiger partial charge in [0.1, 0.15) is 0 Å². The van der Waals surface area contributed by atoms with E-state index in [4.69, 9.17) is 0 Å². The maximum atomic E-state index is 12.0. The van der Waals surface area contributed by atoms with Gasteiger partial charge in [0.15, 0.2) is 5.16 Å². The Morgan fingerprint density at radius 1 is 1.38 bits per heavy atom. The SMILES string of the molecule is CCC(C)c1c(O)nc(SCC(=O)N(CC)CC)[nH]c1=O. The largest absolute Gasteiger partial charge is 0.493 e. The standard InChI is InChI=1S/C14H23N3O3S/c1-5-9(4)11-12(19)15-14(16-13(11)20)21-8-10(18)17(6-2)7-3/h9H,5-8H2,1-4H3,(H2,15,16,19,20). The van der Waals surface area contributed by atoms with Crippen molar-refractivity contribution in [3.05, 3.63) is 15.9 Å². The number of nitrogens with one attached hydrogen (secondary N) is 1. The number of nitrogens with zero attached hydrogens (tertiary/aromatic N) is 2. The minimum absolute atomic E-state index is 0.0156. The van der Waals surface area contributed by atoms with E-state index in [-0.39, 0.29) is 34.2 Å². The van der Waals surface area contributed by atoms with Gasteiger partial charge in [-0.15, -0.1) is 0 Å². The van der Waals surface area contributed by atoms with Crippen molar-refractivity contribution in [2.45, 2.75) is 45.2 Å². The zero-order valence-electron chi connectivity index (χ0n) is 13.0. The average Bonchev–Trinajstić information content (AvgIpc) is 2.45. The second kappa shape index (κ2) is 8.07. The fourth-order valence-electron chi connectivity index (χ4n) is 1.96. The molecule has 21 heavy (non-hydrogen) atoms. The Labute approximate surface area is 129 Å². The highest BCUT2D eigenvalue weighted by atomic mass is 32.2. The summed E-state index contributed by atoms with van der Waals surface area (Å²) in [6.45, 7) is 8.94. The molecule has 7 heteroatoms. The highest BCUT2D eigenvalue weighted by molar-refractivity contribution is 7.99. The molecule has 0 saturated heterocycles. The number of carbonyl (C=O) groups excluding carboxylic acids is 1. The monoisotopic (exact) mass is 313 g/mol. The second-order valence-corrected chi connectivity index (χ2v) is 5.74. The first kappa shape index (κ1) is 17.6. The molecule has 1 rings (SSSR count). The van der Waals surface area contributed by atoms with Crippen LogP contribution in [-0.2, 0) is 4.79 Å². The van der Waals surface area contributed by atoms with Crippen molar-refractivity contribution >= 4 is 17.7 Å². The number of aromatic amines is 1. The zero-order valence-corrected chi connectivity index (χ0v) is 13.8. The topological polar surface area (TPSA) is 86.3 Å². The molecule has 1 unspecified atom stereocenters. The quantitative estimate of drug-likeness (QED) is 0.593. The van der Waals surface area contributed by atoms with Crippen molar-refractivity contribution in [3.8, 4) is 5.88 Å². The third-order valence-corrected chi connectivity index (χ3v) is 4.33. The van der Waals surface area contributed by atoms with Crippen LogP contribution in [0.15, 0.2) is 9.95 Å². The zero-order chi connectivity index (χ0) is 16.0. The molecule has 118 valence electrons. The van der Waals surface area contributed by atoms with Crippen LogP contribution < -0.4 is 5.56 Å². The van der Waals surface area contributed by atoms with E-state index < -0.39 is 0 Å². The predicted molar refractivity (Wildman–Crippen MR) is 83.9 cm³/mol. The average molecular weight is 313 g/mol. The van der Waals surface area contributed by atoms with Crippen molar-refractivity contribution in [2.75, 3.05) is 18.8 Å². The van der Waals surface area contributed by atoms with E-state index in [1.807, 2.05) is 27.7 Å². The predicted octanol–water partition coefficient (Wildman–Crippen LogP) is 1.95. The molecular formula is C14H23N3O3S. The Morgan fingerprint density at radius 3 is 2.48 bits per heavy atom. The molecule has 1 aromatic heterocycles. The van der Waals surface area contributed by atoms with Gasteiger partial charge in [0.2, 0.25) is 11.8 Å². The molecular weight excluding hydrogens is 290 g/mol. The number of carbonyl (C=O) groups is 1. The highest BCUT2D eigenvalue weighted by Crippen LogP contribution is 2.24. The van der Waals surface area contributed by atoms with Crippen molar-refractivity contribution in [3.63, 3.8) is 0 Å². The first-order chi connectivity index (χ1) is 9.94. The van der Waals surface area contributed by atoms with Crippen LogP contribution in [0.25, 0.3) is 0 Å². The Balaban J connectivity index is 2.83. The van der Waals surface area contributed by atoms with Crippen LogP contribution in [0, 0.1) is 0 Å². The van der Waals surface area contributed by atoms with E-state index in [0.29, 0.717) is 18.7 Å². The van der Waals surface area contributed by atoms with Crippen molar-refractivity contribution in [2.24, 2.45) is 0 Å². The molecule has 0 aromatic carbocycles. The highest BCUT2D eigenvalue weighted by Gasteiger charge is 2.17. The molecule has 1 aromatic rings. The maximum Gasteiger partial charge on any atom is 0.258 e. The van der Waals surface area contributed by atoms with Crippen LogP contribution in [0.5, 0.6) is 5.88 Å². The summed E-state index contributed by atoms with van der Waals surface area (Å²) < 4.78 is 0. The first-order valence-corrected chi connectivity index (χ1v) is 8.16. The second-order valence-electron chi connectivity index (χ2n) is 4.77. The molecule has 0 saturated carbocycles. The summed E-state index contributed by atoms with van der Waals surface area (Å²) in [4.78, 5) is 32.2.